The quantitative estimate of drug-likeness (QED) is 0.591. The number of ether oxygens (including phenoxy) is 1. The number of esters is 1. The second kappa shape index (κ2) is 5.01. The van der Waals surface area contributed by atoms with E-state index in [9.17, 15) is 18.0 Å². The number of benzene rings is 1. The van der Waals surface area contributed by atoms with Gasteiger partial charge in [0.25, 0.3) is 0 Å². The fraction of sp³-hybridized carbons (Fsp3) is 0.364. The molecular weight excluding hydrogens is 221 g/mol. The van der Waals surface area contributed by atoms with Gasteiger partial charge >= 0.3 is 5.97 Å². The highest BCUT2D eigenvalue weighted by molar-refractivity contribution is 5.70. The van der Waals surface area contributed by atoms with Crippen LogP contribution in [0.15, 0.2) is 12.1 Å². The van der Waals surface area contributed by atoms with E-state index in [-0.39, 0.29) is 12.0 Å². The van der Waals surface area contributed by atoms with Crippen molar-refractivity contribution < 1.29 is 22.7 Å². The number of hydrogen-bond donors (Lipinski definition) is 0. The molecule has 0 fully saturated rings. The van der Waals surface area contributed by atoms with Crippen molar-refractivity contribution in [2.24, 2.45) is 0 Å². The summed E-state index contributed by atoms with van der Waals surface area (Å²) in [7, 11) is 1.21. The summed E-state index contributed by atoms with van der Waals surface area (Å²) in [5.41, 5.74) is -0.0377. The Kier molecular flexibility index (Phi) is 3.93. The minimum atomic E-state index is -1.52. The molecule has 1 atom stereocenters. The summed E-state index contributed by atoms with van der Waals surface area (Å²) in [5, 5.41) is 0. The minimum Gasteiger partial charge on any atom is -0.469 e. The van der Waals surface area contributed by atoms with Gasteiger partial charge in [0.2, 0.25) is 0 Å². The molecule has 16 heavy (non-hydrogen) atoms. The van der Waals surface area contributed by atoms with Crippen LogP contribution < -0.4 is 0 Å². The molecule has 0 bridgehead atoms. The van der Waals surface area contributed by atoms with E-state index in [1.54, 1.807) is 0 Å². The van der Waals surface area contributed by atoms with Crippen molar-refractivity contribution in [3.63, 3.8) is 0 Å². The molecule has 0 amide bonds. The lowest BCUT2D eigenvalue weighted by molar-refractivity contribution is -0.140. The van der Waals surface area contributed by atoms with Crippen molar-refractivity contribution >= 4 is 5.97 Å². The first kappa shape index (κ1) is 12.5. The molecule has 1 rings (SSSR count). The Labute approximate surface area is 91.0 Å². The summed E-state index contributed by atoms with van der Waals surface area (Å²) in [6, 6.07) is 1.96. The number of methoxy groups -OCH3 is 1. The second-order valence-corrected chi connectivity index (χ2v) is 3.45. The van der Waals surface area contributed by atoms with Gasteiger partial charge in [-0.05, 0) is 17.5 Å². The third-order valence-electron chi connectivity index (χ3n) is 2.30. The van der Waals surface area contributed by atoms with Gasteiger partial charge in [0.1, 0.15) is 0 Å². The molecule has 1 aromatic carbocycles. The lowest BCUT2D eigenvalue weighted by atomic mass is 9.97. The van der Waals surface area contributed by atoms with E-state index in [4.69, 9.17) is 0 Å². The van der Waals surface area contributed by atoms with E-state index >= 15 is 0 Å². The molecule has 0 aliphatic rings. The molecule has 0 aromatic heterocycles. The fourth-order valence-corrected chi connectivity index (χ4v) is 1.36. The average molecular weight is 232 g/mol. The molecule has 0 saturated heterocycles. The maximum absolute atomic E-state index is 13.3. The van der Waals surface area contributed by atoms with Crippen molar-refractivity contribution in [2.75, 3.05) is 7.11 Å². The first-order valence-electron chi connectivity index (χ1n) is 4.67. The van der Waals surface area contributed by atoms with Crippen LogP contribution >= 0.6 is 0 Å². The zero-order valence-electron chi connectivity index (χ0n) is 8.89. The van der Waals surface area contributed by atoms with Crippen LogP contribution in [-0.2, 0) is 9.53 Å². The van der Waals surface area contributed by atoms with Crippen LogP contribution in [0.3, 0.4) is 0 Å². The molecule has 0 radical (unpaired) electrons. The van der Waals surface area contributed by atoms with E-state index in [0.29, 0.717) is 0 Å². The van der Waals surface area contributed by atoms with Gasteiger partial charge in [-0.1, -0.05) is 13.0 Å². The molecule has 0 N–H and O–H groups in total. The molecular formula is C11H11F3O2. The third-order valence-corrected chi connectivity index (χ3v) is 2.30. The number of halogens is 3. The van der Waals surface area contributed by atoms with E-state index in [0.717, 1.165) is 12.1 Å². The van der Waals surface area contributed by atoms with Crippen molar-refractivity contribution in [3.8, 4) is 0 Å². The van der Waals surface area contributed by atoms with Crippen LogP contribution in [0.4, 0.5) is 13.2 Å². The number of carbonyl (C=O) groups excluding carboxylic acids is 1. The standard InChI is InChI=1S/C11H11F3O2/c1-6(5-9(15)16-2)7-3-4-8(12)11(14)10(7)13/h3-4,6H,5H2,1-2H3. The lowest BCUT2D eigenvalue weighted by Gasteiger charge is -2.11. The summed E-state index contributed by atoms with van der Waals surface area (Å²) < 4.78 is 43.3. The van der Waals surface area contributed by atoms with Gasteiger partial charge in [-0.2, -0.15) is 0 Å². The van der Waals surface area contributed by atoms with Gasteiger partial charge in [0.05, 0.1) is 13.5 Å². The maximum Gasteiger partial charge on any atom is 0.306 e. The van der Waals surface area contributed by atoms with Crippen LogP contribution in [0.2, 0.25) is 0 Å². The smallest absolute Gasteiger partial charge is 0.306 e. The van der Waals surface area contributed by atoms with E-state index in [2.05, 4.69) is 4.74 Å². The topological polar surface area (TPSA) is 26.3 Å². The predicted octanol–water partition coefficient (Wildman–Crippen LogP) is 2.77. The normalized spacial score (nSPS) is 12.3. The first-order chi connectivity index (χ1) is 7.47. The SMILES string of the molecule is COC(=O)CC(C)c1ccc(F)c(F)c1F. The monoisotopic (exact) mass is 232 g/mol. The fourth-order valence-electron chi connectivity index (χ4n) is 1.36. The van der Waals surface area contributed by atoms with Gasteiger partial charge < -0.3 is 4.74 Å². The Hall–Kier alpha value is -1.52. The van der Waals surface area contributed by atoms with Crippen molar-refractivity contribution in [3.05, 3.63) is 35.1 Å². The van der Waals surface area contributed by atoms with Gasteiger partial charge in [0, 0.05) is 0 Å². The van der Waals surface area contributed by atoms with Gasteiger partial charge in [0.15, 0.2) is 17.5 Å². The van der Waals surface area contributed by atoms with Crippen LogP contribution in [0.5, 0.6) is 0 Å². The zero-order chi connectivity index (χ0) is 12.3. The number of rotatable bonds is 3. The summed E-state index contributed by atoms with van der Waals surface area (Å²) in [4.78, 5) is 10.9. The summed E-state index contributed by atoms with van der Waals surface area (Å²) >= 11 is 0. The van der Waals surface area contributed by atoms with Gasteiger partial charge in [-0.25, -0.2) is 13.2 Å². The Morgan fingerprint density at radius 2 is 1.94 bits per heavy atom. The number of hydrogen-bond acceptors (Lipinski definition) is 2. The molecule has 0 heterocycles. The average Bonchev–Trinajstić information content (AvgIpc) is 2.25. The summed E-state index contributed by atoms with van der Waals surface area (Å²) in [5.74, 6) is -5.11. The zero-order valence-corrected chi connectivity index (χ0v) is 8.89. The second-order valence-electron chi connectivity index (χ2n) is 3.45. The van der Waals surface area contributed by atoms with Crippen molar-refractivity contribution in [1.82, 2.24) is 0 Å². The van der Waals surface area contributed by atoms with Crippen molar-refractivity contribution in [1.29, 1.82) is 0 Å². The maximum atomic E-state index is 13.3. The largest absolute Gasteiger partial charge is 0.469 e. The Morgan fingerprint density at radius 3 is 2.50 bits per heavy atom. The van der Waals surface area contributed by atoms with Gasteiger partial charge in [-0.3, -0.25) is 4.79 Å². The lowest BCUT2D eigenvalue weighted by Crippen LogP contribution is -2.08. The third kappa shape index (κ3) is 2.53. The summed E-state index contributed by atoms with van der Waals surface area (Å²) in [6.45, 7) is 1.53. The molecule has 0 saturated carbocycles. The van der Waals surface area contributed by atoms with Crippen LogP contribution in [0.25, 0.3) is 0 Å². The molecule has 88 valence electrons. The Morgan fingerprint density at radius 1 is 1.31 bits per heavy atom. The van der Waals surface area contributed by atoms with E-state index < -0.39 is 29.3 Å². The molecule has 0 aliphatic carbocycles. The molecule has 1 aromatic rings. The number of carbonyl (C=O) groups is 1. The minimum absolute atomic E-state index is 0.0377. The molecule has 5 heteroatoms. The highest BCUT2D eigenvalue weighted by atomic mass is 19.2. The Bertz CT molecular complexity index is 404. The van der Waals surface area contributed by atoms with Crippen LogP contribution in [0.1, 0.15) is 24.8 Å². The first-order valence-corrected chi connectivity index (χ1v) is 4.67. The highest BCUT2D eigenvalue weighted by Gasteiger charge is 2.19. The Balaban J connectivity index is 2.96. The molecule has 1 unspecified atom stereocenters. The van der Waals surface area contributed by atoms with Crippen LogP contribution in [-0.4, -0.2) is 13.1 Å². The highest BCUT2D eigenvalue weighted by Crippen LogP contribution is 2.25. The van der Waals surface area contributed by atoms with Crippen molar-refractivity contribution in [2.45, 2.75) is 19.3 Å². The molecule has 2 nitrogen and oxygen atoms in total. The van der Waals surface area contributed by atoms with Gasteiger partial charge in [-0.15, -0.1) is 0 Å². The molecule has 0 aliphatic heterocycles. The summed E-state index contributed by atoms with van der Waals surface area (Å²) in [6.07, 6.45) is -0.0848. The van der Waals surface area contributed by atoms with E-state index in [1.165, 1.54) is 14.0 Å². The predicted molar refractivity (Wildman–Crippen MR) is 51.4 cm³/mol. The van der Waals surface area contributed by atoms with Crippen LogP contribution in [0, 0.1) is 17.5 Å². The molecule has 0 spiro atoms. The van der Waals surface area contributed by atoms with E-state index in [1.807, 2.05) is 0 Å².